The first-order valence-corrected chi connectivity index (χ1v) is 9.38. The summed E-state index contributed by atoms with van der Waals surface area (Å²) in [6.07, 6.45) is 7.09. The Kier molecular flexibility index (Phi) is 4.65. The molecule has 8 heteroatoms. The second-order valence-electron chi connectivity index (χ2n) is 7.12. The smallest absolute Gasteiger partial charge is 0.220 e. The molecule has 2 atom stereocenters. The van der Waals surface area contributed by atoms with Crippen molar-refractivity contribution in [1.82, 2.24) is 35.2 Å². The molecule has 3 aromatic heterocycles. The lowest BCUT2D eigenvalue weighted by Crippen LogP contribution is -2.48. The van der Waals surface area contributed by atoms with Crippen molar-refractivity contribution in [2.45, 2.75) is 51.9 Å². The molecule has 4 rings (SSSR count). The van der Waals surface area contributed by atoms with Gasteiger partial charge in [0, 0.05) is 55.9 Å². The van der Waals surface area contributed by atoms with Crippen molar-refractivity contribution in [1.29, 1.82) is 0 Å². The van der Waals surface area contributed by atoms with Crippen molar-refractivity contribution in [2.75, 3.05) is 0 Å². The van der Waals surface area contributed by atoms with Gasteiger partial charge in [-0.05, 0) is 31.9 Å². The summed E-state index contributed by atoms with van der Waals surface area (Å²) in [5, 5.41) is 16.6. The van der Waals surface area contributed by atoms with Crippen LogP contribution in [0.4, 0.5) is 0 Å². The number of nitrogens with zero attached hydrogens (tertiary/aromatic N) is 5. The lowest BCUT2D eigenvalue weighted by atomic mass is 9.93. The number of aryl methyl sites for hydroxylation is 3. The van der Waals surface area contributed by atoms with E-state index in [4.69, 9.17) is 0 Å². The summed E-state index contributed by atoms with van der Waals surface area (Å²) >= 11 is 0. The molecular formula is C19H25N7O. The molecular weight excluding hydrogens is 342 g/mol. The summed E-state index contributed by atoms with van der Waals surface area (Å²) in [7, 11) is 1.91. The summed E-state index contributed by atoms with van der Waals surface area (Å²) in [5.74, 6) is 0.0939. The Bertz CT molecular complexity index is 974. The van der Waals surface area contributed by atoms with Gasteiger partial charge in [-0.2, -0.15) is 10.2 Å². The molecule has 1 fully saturated rings. The van der Waals surface area contributed by atoms with E-state index >= 15 is 0 Å². The number of pyridine rings is 1. The molecule has 27 heavy (non-hydrogen) atoms. The number of rotatable bonds is 5. The van der Waals surface area contributed by atoms with Gasteiger partial charge in [0.15, 0.2) is 5.65 Å². The van der Waals surface area contributed by atoms with Gasteiger partial charge in [-0.3, -0.25) is 14.2 Å². The molecule has 1 aliphatic heterocycles. The van der Waals surface area contributed by atoms with E-state index in [0.29, 0.717) is 13.0 Å². The SMILES string of the molecule is CCn1cc([C@@H]2NC(=O)CC[C@H]2NCc2cnc3c(c2)c(C)nn3C)cn1. The first-order valence-electron chi connectivity index (χ1n) is 9.38. The maximum absolute atomic E-state index is 11.9. The third-order valence-corrected chi connectivity index (χ3v) is 5.23. The second kappa shape index (κ2) is 7.11. The number of nitrogens with one attached hydrogen (secondary N) is 2. The molecule has 3 aromatic rings. The van der Waals surface area contributed by atoms with Gasteiger partial charge in [-0.25, -0.2) is 4.98 Å². The third kappa shape index (κ3) is 3.44. The molecule has 0 radical (unpaired) electrons. The van der Waals surface area contributed by atoms with Crippen LogP contribution in [0.5, 0.6) is 0 Å². The minimum Gasteiger partial charge on any atom is -0.348 e. The molecule has 0 bridgehead atoms. The number of carbonyl (C=O) groups is 1. The normalized spacial score (nSPS) is 20.2. The standard InChI is InChI=1S/C19H25N7O/c1-4-26-11-14(10-22-26)18-16(5-6-17(27)23-18)20-8-13-7-15-12(2)24-25(3)19(15)21-9-13/h7,9-11,16,18,20H,4-6,8H2,1-3H3,(H,23,27)/t16-,18+/m1/s1. The average Bonchev–Trinajstić information content (AvgIpc) is 3.25. The van der Waals surface area contributed by atoms with Crippen LogP contribution >= 0.6 is 0 Å². The van der Waals surface area contributed by atoms with Gasteiger partial charge in [-0.1, -0.05) is 0 Å². The Morgan fingerprint density at radius 2 is 2.22 bits per heavy atom. The van der Waals surface area contributed by atoms with Crippen LogP contribution in [0.2, 0.25) is 0 Å². The highest BCUT2D eigenvalue weighted by Gasteiger charge is 2.30. The van der Waals surface area contributed by atoms with E-state index in [2.05, 4.69) is 38.8 Å². The summed E-state index contributed by atoms with van der Waals surface area (Å²) in [6, 6.07) is 2.23. The summed E-state index contributed by atoms with van der Waals surface area (Å²) in [6.45, 7) is 5.56. The lowest BCUT2D eigenvalue weighted by Gasteiger charge is -2.32. The van der Waals surface area contributed by atoms with Crippen LogP contribution < -0.4 is 10.6 Å². The van der Waals surface area contributed by atoms with E-state index < -0.39 is 0 Å². The van der Waals surface area contributed by atoms with Crippen molar-refractivity contribution >= 4 is 16.9 Å². The van der Waals surface area contributed by atoms with Crippen molar-refractivity contribution in [3.05, 3.63) is 41.5 Å². The van der Waals surface area contributed by atoms with Crippen molar-refractivity contribution in [2.24, 2.45) is 7.05 Å². The highest BCUT2D eigenvalue weighted by Crippen LogP contribution is 2.25. The van der Waals surface area contributed by atoms with Crippen molar-refractivity contribution in [3.8, 4) is 0 Å². The van der Waals surface area contributed by atoms with Gasteiger partial charge < -0.3 is 10.6 Å². The van der Waals surface area contributed by atoms with E-state index in [1.807, 2.05) is 37.2 Å². The Hall–Kier alpha value is -2.74. The maximum atomic E-state index is 11.9. The Morgan fingerprint density at radius 3 is 3.00 bits per heavy atom. The molecule has 1 saturated heterocycles. The summed E-state index contributed by atoms with van der Waals surface area (Å²) < 4.78 is 3.69. The molecule has 1 aliphatic rings. The number of carbonyl (C=O) groups excluding carboxylic acids is 1. The maximum Gasteiger partial charge on any atom is 0.220 e. The van der Waals surface area contributed by atoms with E-state index in [1.165, 1.54) is 0 Å². The van der Waals surface area contributed by atoms with Gasteiger partial charge in [0.2, 0.25) is 5.91 Å². The van der Waals surface area contributed by atoms with E-state index in [9.17, 15) is 4.79 Å². The fourth-order valence-corrected chi connectivity index (χ4v) is 3.74. The van der Waals surface area contributed by atoms with Crippen LogP contribution in [0.15, 0.2) is 24.7 Å². The van der Waals surface area contributed by atoms with Crippen molar-refractivity contribution in [3.63, 3.8) is 0 Å². The first-order chi connectivity index (χ1) is 13.0. The number of hydrogen-bond donors (Lipinski definition) is 2. The van der Waals surface area contributed by atoms with Crippen LogP contribution in [-0.4, -0.2) is 36.5 Å². The van der Waals surface area contributed by atoms with E-state index in [1.54, 1.807) is 4.68 Å². The third-order valence-electron chi connectivity index (χ3n) is 5.23. The van der Waals surface area contributed by atoms with Gasteiger partial charge in [0.25, 0.3) is 0 Å². The number of aromatic nitrogens is 5. The Balaban J connectivity index is 1.51. The fourth-order valence-electron chi connectivity index (χ4n) is 3.74. The highest BCUT2D eigenvalue weighted by molar-refractivity contribution is 5.78. The molecule has 0 saturated carbocycles. The summed E-state index contributed by atoms with van der Waals surface area (Å²) in [5.41, 5.74) is 4.03. The topological polar surface area (TPSA) is 89.7 Å². The van der Waals surface area contributed by atoms with Crippen LogP contribution in [0.25, 0.3) is 11.0 Å². The number of hydrogen-bond acceptors (Lipinski definition) is 5. The van der Waals surface area contributed by atoms with Crippen LogP contribution in [0.3, 0.4) is 0 Å². The number of fused-ring (bicyclic) bond motifs is 1. The van der Waals surface area contributed by atoms with Gasteiger partial charge in [0.1, 0.15) is 0 Å². The zero-order valence-corrected chi connectivity index (χ0v) is 15.9. The van der Waals surface area contributed by atoms with Gasteiger partial charge in [0.05, 0.1) is 17.9 Å². The van der Waals surface area contributed by atoms with Crippen LogP contribution in [-0.2, 0) is 24.9 Å². The minimum absolute atomic E-state index is 0.0663. The largest absolute Gasteiger partial charge is 0.348 e. The molecule has 0 spiro atoms. The molecule has 0 unspecified atom stereocenters. The van der Waals surface area contributed by atoms with Gasteiger partial charge >= 0.3 is 0 Å². The Labute approximate surface area is 158 Å². The Morgan fingerprint density at radius 1 is 1.37 bits per heavy atom. The lowest BCUT2D eigenvalue weighted by molar-refractivity contribution is -0.123. The molecule has 8 nitrogen and oxygen atoms in total. The van der Waals surface area contributed by atoms with Crippen LogP contribution in [0, 0.1) is 6.92 Å². The number of piperidine rings is 1. The predicted molar refractivity (Wildman–Crippen MR) is 102 cm³/mol. The quantitative estimate of drug-likeness (QED) is 0.715. The fraction of sp³-hybridized carbons (Fsp3) is 0.474. The summed E-state index contributed by atoms with van der Waals surface area (Å²) in [4.78, 5) is 16.5. The first kappa shape index (κ1) is 17.7. The zero-order chi connectivity index (χ0) is 19.0. The second-order valence-corrected chi connectivity index (χ2v) is 7.12. The molecule has 0 aliphatic carbocycles. The monoisotopic (exact) mass is 367 g/mol. The predicted octanol–water partition coefficient (Wildman–Crippen LogP) is 1.60. The highest BCUT2D eigenvalue weighted by atomic mass is 16.1. The van der Waals surface area contributed by atoms with E-state index in [-0.39, 0.29) is 18.0 Å². The zero-order valence-electron chi connectivity index (χ0n) is 15.9. The number of amides is 1. The molecule has 0 aromatic carbocycles. The van der Waals surface area contributed by atoms with Crippen molar-refractivity contribution < 1.29 is 4.79 Å². The molecule has 2 N–H and O–H groups in total. The van der Waals surface area contributed by atoms with Gasteiger partial charge in [-0.15, -0.1) is 0 Å². The van der Waals surface area contributed by atoms with E-state index in [0.717, 1.165) is 40.8 Å². The molecule has 142 valence electrons. The average molecular weight is 367 g/mol. The minimum atomic E-state index is -0.0663. The van der Waals surface area contributed by atoms with Crippen LogP contribution in [0.1, 0.15) is 42.6 Å². The molecule has 1 amide bonds. The molecule has 4 heterocycles.